The molecular weight excluding hydrogens is 655 g/mol. The van der Waals surface area contributed by atoms with Crippen molar-refractivity contribution in [3.63, 3.8) is 0 Å². The molecule has 0 radical (unpaired) electrons. The largest absolute Gasteiger partial charge is 0.387 e. The van der Waals surface area contributed by atoms with Crippen molar-refractivity contribution in [1.29, 1.82) is 0 Å². The molecule has 4 aromatic heterocycles. The molecule has 7 heterocycles. The second-order valence-corrected chi connectivity index (χ2v) is 13.8. The van der Waals surface area contributed by atoms with Crippen LogP contribution in [0.3, 0.4) is 0 Å². The normalized spacial score (nSPS) is 36.6. The Morgan fingerprint density at radius 3 is 2.52 bits per heavy atom. The molecule has 24 heteroatoms. The minimum Gasteiger partial charge on any atom is -0.387 e. The summed E-state index contributed by atoms with van der Waals surface area (Å²) in [6.45, 7) is -5.61. The maximum Gasteiger partial charge on any atom is 0.386 e. The first-order valence-electron chi connectivity index (χ1n) is 12.8. The third kappa shape index (κ3) is 5.10. The van der Waals surface area contributed by atoms with Crippen molar-refractivity contribution in [2.75, 3.05) is 18.9 Å². The van der Waals surface area contributed by atoms with Crippen molar-refractivity contribution >= 4 is 55.6 Å². The van der Waals surface area contributed by atoms with Gasteiger partial charge >= 0.3 is 15.1 Å². The number of rotatable bonds is 2. The molecule has 0 spiro atoms. The number of imidazole rings is 2. The van der Waals surface area contributed by atoms with Gasteiger partial charge < -0.3 is 34.3 Å². The molecule has 0 aromatic carbocycles. The molecule has 3 saturated heterocycles. The van der Waals surface area contributed by atoms with E-state index in [0.29, 0.717) is 0 Å². The number of thiol groups is 1. The first kappa shape index (κ1) is 29.7. The summed E-state index contributed by atoms with van der Waals surface area (Å²) >= 11 is 4.02. The zero-order chi connectivity index (χ0) is 30.9. The highest BCUT2D eigenvalue weighted by Crippen LogP contribution is 2.57. The Morgan fingerprint density at radius 2 is 1.75 bits per heavy atom. The van der Waals surface area contributed by atoms with Crippen molar-refractivity contribution in [2.45, 2.75) is 49.1 Å². The third-order valence-electron chi connectivity index (χ3n) is 7.20. The number of hydrogen-bond acceptors (Lipinski definition) is 16. The summed E-state index contributed by atoms with van der Waals surface area (Å²) in [4.78, 5) is 45.0. The first-order valence-corrected chi connectivity index (χ1v) is 16.7. The fraction of sp³-hybridized carbons (Fsp3) is 0.500. The van der Waals surface area contributed by atoms with Crippen molar-refractivity contribution < 1.29 is 46.2 Å². The Balaban J connectivity index is 1.19. The molecule has 44 heavy (non-hydrogen) atoms. The van der Waals surface area contributed by atoms with Gasteiger partial charge in [0.1, 0.15) is 30.5 Å². The van der Waals surface area contributed by atoms with E-state index >= 15 is 4.39 Å². The average molecular weight is 677 g/mol. The van der Waals surface area contributed by atoms with Gasteiger partial charge in [-0.05, 0) is 0 Å². The molecule has 5 N–H and O–H groups in total. The number of nitrogen functional groups attached to an aromatic ring is 1. The van der Waals surface area contributed by atoms with Gasteiger partial charge in [0.15, 0.2) is 41.0 Å². The van der Waals surface area contributed by atoms with Crippen LogP contribution in [0.2, 0.25) is 0 Å². The van der Waals surface area contributed by atoms with E-state index in [-0.39, 0.29) is 28.3 Å². The molecule has 4 aromatic rings. The number of aromatic nitrogens is 8. The standard InChI is InChI=1S/C20H22FN9O11P2S/c21-8-12-7(39-18(8)29-4-25-9-14(29)23-3-24-16(9)32)2-37-43(35,44)41-13-11(31)6(1-36-42(34)40-12)38-19(13)30-5-26-10-15(30)27-20(22)28-17(10)33/h3-8,11-13,18-19,31,42H,1-2H2,(H,35,44)(H,23,24,32)(H3,22,27,28,33)/t6-,7-,8+,11-,12-,13-,18-,19-,43?/m1/s1. The number of aliphatic hydroxyl groups excluding tert-OH is 1. The molecule has 0 saturated carbocycles. The van der Waals surface area contributed by atoms with Crippen LogP contribution < -0.4 is 16.9 Å². The number of H-pyrrole nitrogens is 2. The average Bonchev–Trinajstić information content (AvgIpc) is 3.72. The van der Waals surface area contributed by atoms with Gasteiger partial charge in [0, 0.05) is 0 Å². The number of aliphatic hydroxyl groups is 1. The monoisotopic (exact) mass is 677 g/mol. The highest BCUT2D eigenvalue weighted by Gasteiger charge is 2.52. The minimum atomic E-state index is -4.40. The van der Waals surface area contributed by atoms with E-state index in [1.54, 1.807) is 0 Å². The maximum atomic E-state index is 15.8. The van der Waals surface area contributed by atoms with E-state index in [9.17, 15) is 23.8 Å². The fourth-order valence-corrected chi connectivity index (χ4v) is 7.54. The van der Waals surface area contributed by atoms with Crippen LogP contribution in [0.15, 0.2) is 28.6 Å². The Hall–Kier alpha value is -3.04. The lowest BCUT2D eigenvalue weighted by Crippen LogP contribution is -2.35. The summed E-state index contributed by atoms with van der Waals surface area (Å²) in [7, 11) is -3.48. The number of aromatic amines is 2. The number of ether oxygens (including phenoxy) is 2. The molecule has 10 atom stereocenters. The second-order valence-electron chi connectivity index (χ2n) is 9.87. The van der Waals surface area contributed by atoms with Gasteiger partial charge in [0.2, 0.25) is 5.95 Å². The van der Waals surface area contributed by atoms with Gasteiger partial charge in [-0.25, -0.2) is 23.9 Å². The number of nitrogens with two attached hydrogens (primary N) is 1. The van der Waals surface area contributed by atoms with E-state index in [1.165, 1.54) is 10.9 Å². The van der Waals surface area contributed by atoms with E-state index in [1.807, 2.05) is 0 Å². The van der Waals surface area contributed by atoms with Crippen LogP contribution in [0.1, 0.15) is 12.5 Å². The molecule has 0 amide bonds. The van der Waals surface area contributed by atoms with E-state index in [4.69, 9.17) is 33.3 Å². The summed E-state index contributed by atoms with van der Waals surface area (Å²) in [6, 6.07) is 0. The lowest BCUT2D eigenvalue weighted by atomic mass is 10.1. The lowest BCUT2D eigenvalue weighted by molar-refractivity contribution is -0.0564. The number of alkyl halides is 1. The van der Waals surface area contributed by atoms with Crippen LogP contribution in [-0.4, -0.2) is 94.0 Å². The van der Waals surface area contributed by atoms with Crippen LogP contribution in [0.4, 0.5) is 10.3 Å². The number of nitrogens with one attached hydrogen (secondary N) is 2. The first-order chi connectivity index (χ1) is 21.0. The molecule has 3 aliphatic heterocycles. The molecule has 20 nitrogen and oxygen atoms in total. The molecule has 0 aliphatic carbocycles. The highest BCUT2D eigenvalue weighted by atomic mass is 32.7. The summed E-state index contributed by atoms with van der Waals surface area (Å²) in [5.74, 6) is -0.233. The zero-order valence-corrected chi connectivity index (χ0v) is 24.6. The molecular formula is C20H22FN9O11P2S. The van der Waals surface area contributed by atoms with Gasteiger partial charge in [-0.3, -0.25) is 37.3 Å². The van der Waals surface area contributed by atoms with Crippen LogP contribution in [0.25, 0.3) is 22.3 Å². The number of fused-ring (bicyclic) bond motifs is 5. The lowest BCUT2D eigenvalue weighted by Gasteiger charge is -2.25. The van der Waals surface area contributed by atoms with Crippen LogP contribution in [0.5, 0.6) is 0 Å². The van der Waals surface area contributed by atoms with Crippen LogP contribution in [0, 0.1) is 0 Å². The summed E-state index contributed by atoms with van der Waals surface area (Å²) in [5, 5.41) is 11.0. The Labute approximate surface area is 248 Å². The molecule has 236 valence electrons. The maximum absolute atomic E-state index is 15.8. The third-order valence-corrected chi connectivity index (χ3v) is 9.68. The highest BCUT2D eigenvalue weighted by molar-refractivity contribution is 8.44. The Morgan fingerprint density at radius 1 is 1.05 bits per heavy atom. The van der Waals surface area contributed by atoms with E-state index < -0.39 is 88.5 Å². The summed E-state index contributed by atoms with van der Waals surface area (Å²) < 4.78 is 77.9. The van der Waals surface area contributed by atoms with Gasteiger partial charge in [-0.1, -0.05) is 12.2 Å². The number of nitrogens with zero attached hydrogens (tertiary/aromatic N) is 6. The number of halogens is 1. The number of anilines is 1. The molecule has 2 bridgehead atoms. The van der Waals surface area contributed by atoms with E-state index in [2.05, 4.69) is 42.2 Å². The van der Waals surface area contributed by atoms with Crippen molar-refractivity contribution in [2.24, 2.45) is 0 Å². The van der Waals surface area contributed by atoms with Crippen LogP contribution >= 0.6 is 27.3 Å². The number of hydrogen-bond donors (Lipinski definition) is 5. The van der Waals surface area contributed by atoms with Gasteiger partial charge in [-0.2, -0.15) is 4.98 Å². The fourth-order valence-electron chi connectivity index (χ4n) is 5.21. The van der Waals surface area contributed by atoms with E-state index in [0.717, 1.165) is 17.2 Å². The van der Waals surface area contributed by atoms with Crippen molar-refractivity contribution in [3.8, 4) is 0 Å². The van der Waals surface area contributed by atoms with Gasteiger partial charge in [0.25, 0.3) is 11.1 Å². The summed E-state index contributed by atoms with van der Waals surface area (Å²) in [5.41, 5.74) is 4.23. The molecule has 2 unspecified atom stereocenters. The SMILES string of the molecule is Nc1nc2c(ncn2[C@@H]2O[C@@H]3CO[PH](=O)O[C@H]4[C@H](F)[C@H](n5cnc6c(=O)[nH]cnc65)O[C@@H]4COP(=O)(S)O[C@@H]2[C@@H]3O)c(=O)[nH]1. The second kappa shape index (κ2) is 11.1. The van der Waals surface area contributed by atoms with Crippen molar-refractivity contribution in [1.82, 2.24) is 39.0 Å². The predicted octanol–water partition coefficient (Wildman–Crippen LogP) is -0.426. The Kier molecular flexibility index (Phi) is 7.47. The van der Waals surface area contributed by atoms with Gasteiger partial charge in [0.05, 0.1) is 32.2 Å². The smallest absolute Gasteiger partial charge is 0.386 e. The van der Waals surface area contributed by atoms with Gasteiger partial charge in [-0.15, -0.1) is 0 Å². The molecule has 7 rings (SSSR count). The molecule has 3 aliphatic rings. The minimum absolute atomic E-state index is 0.00208. The topological polar surface area (TPSA) is 263 Å². The zero-order valence-electron chi connectivity index (χ0n) is 21.8. The van der Waals surface area contributed by atoms with Crippen molar-refractivity contribution in [3.05, 3.63) is 39.7 Å². The predicted molar refractivity (Wildman–Crippen MR) is 147 cm³/mol. The molecule has 3 fully saturated rings. The van der Waals surface area contributed by atoms with Crippen LogP contribution in [-0.2, 0) is 36.7 Å². The summed E-state index contributed by atoms with van der Waals surface area (Å²) in [6.07, 6.45) is -8.66. The quantitative estimate of drug-likeness (QED) is 0.133. The Bertz CT molecular complexity index is 1940.